The van der Waals surface area contributed by atoms with Gasteiger partial charge in [0.25, 0.3) is 5.91 Å². The summed E-state index contributed by atoms with van der Waals surface area (Å²) in [5.41, 5.74) is 3.23. The van der Waals surface area contributed by atoms with E-state index in [0.29, 0.717) is 11.8 Å². The molecule has 1 saturated heterocycles. The maximum atomic E-state index is 13.1. The molecule has 0 aliphatic carbocycles. The third-order valence-corrected chi connectivity index (χ3v) is 6.91. The number of carbonyl (C=O) groups is 1. The number of hydrogen-bond acceptors (Lipinski definition) is 5. The Bertz CT molecular complexity index is 918. The Morgan fingerprint density at radius 3 is 2.74 bits per heavy atom. The number of carbonyl (C=O) groups excluding carboxylic acids is 1. The molecule has 31 heavy (non-hydrogen) atoms. The van der Waals surface area contributed by atoms with Crippen molar-refractivity contribution in [1.29, 1.82) is 0 Å². The topological polar surface area (TPSA) is 54.9 Å². The third kappa shape index (κ3) is 4.54. The number of likely N-dealkylation sites (tertiary alicyclic amines) is 1. The van der Waals surface area contributed by atoms with Crippen molar-refractivity contribution in [2.75, 3.05) is 33.0 Å². The number of ether oxygens (including phenoxy) is 2. The highest BCUT2D eigenvalue weighted by atomic mass is 16.7. The summed E-state index contributed by atoms with van der Waals surface area (Å²) in [4.78, 5) is 21.9. The van der Waals surface area contributed by atoms with Crippen LogP contribution in [0.25, 0.3) is 0 Å². The van der Waals surface area contributed by atoms with E-state index in [9.17, 15) is 4.79 Å². The number of fused-ring (bicyclic) bond motifs is 2. The van der Waals surface area contributed by atoms with Gasteiger partial charge in [0.2, 0.25) is 6.79 Å². The van der Waals surface area contributed by atoms with Crippen molar-refractivity contribution >= 4 is 5.91 Å². The van der Waals surface area contributed by atoms with Gasteiger partial charge in [-0.2, -0.15) is 0 Å². The molecule has 1 unspecified atom stereocenters. The maximum absolute atomic E-state index is 13.1. The fraction of sp³-hybridized carbons (Fsp3) is 0.520. The van der Waals surface area contributed by atoms with Crippen molar-refractivity contribution in [2.24, 2.45) is 0 Å². The minimum atomic E-state index is 0.139. The summed E-state index contributed by atoms with van der Waals surface area (Å²) in [6.45, 7) is 4.18. The second-order valence-electron chi connectivity index (χ2n) is 8.84. The number of aryl methyl sites for hydroxylation is 1. The van der Waals surface area contributed by atoms with Crippen LogP contribution >= 0.6 is 0 Å². The Labute approximate surface area is 184 Å². The van der Waals surface area contributed by atoms with Crippen LogP contribution < -0.4 is 9.47 Å². The Morgan fingerprint density at radius 2 is 1.87 bits per heavy atom. The van der Waals surface area contributed by atoms with E-state index in [1.54, 1.807) is 0 Å². The summed E-state index contributed by atoms with van der Waals surface area (Å²) in [6.07, 6.45) is 11.8. The molecule has 2 aromatic rings. The molecule has 0 radical (unpaired) electrons. The van der Waals surface area contributed by atoms with Gasteiger partial charge in [-0.1, -0.05) is 6.42 Å². The van der Waals surface area contributed by atoms with Crippen LogP contribution in [0.2, 0.25) is 0 Å². The molecule has 1 aromatic heterocycles. The van der Waals surface area contributed by atoms with Gasteiger partial charge >= 0.3 is 0 Å². The minimum absolute atomic E-state index is 0.139. The van der Waals surface area contributed by atoms with Crippen LogP contribution in [-0.4, -0.2) is 59.7 Å². The van der Waals surface area contributed by atoms with E-state index in [4.69, 9.17) is 9.47 Å². The van der Waals surface area contributed by atoms with E-state index < -0.39 is 0 Å². The summed E-state index contributed by atoms with van der Waals surface area (Å²) < 4.78 is 11.0. The van der Waals surface area contributed by atoms with Gasteiger partial charge in [0.1, 0.15) is 0 Å². The van der Waals surface area contributed by atoms with Gasteiger partial charge in [0, 0.05) is 37.1 Å². The maximum Gasteiger partial charge on any atom is 0.254 e. The first-order valence-corrected chi connectivity index (χ1v) is 11.6. The molecule has 6 heteroatoms. The summed E-state index contributed by atoms with van der Waals surface area (Å²) in [7, 11) is 0. The van der Waals surface area contributed by atoms with Crippen molar-refractivity contribution in [1.82, 2.24) is 14.8 Å². The van der Waals surface area contributed by atoms with Crippen LogP contribution in [0.1, 0.15) is 53.6 Å². The molecule has 1 fully saturated rings. The molecule has 0 saturated carbocycles. The van der Waals surface area contributed by atoms with E-state index in [0.717, 1.165) is 55.8 Å². The van der Waals surface area contributed by atoms with Gasteiger partial charge < -0.3 is 19.3 Å². The zero-order chi connectivity index (χ0) is 21.0. The molecule has 4 heterocycles. The summed E-state index contributed by atoms with van der Waals surface area (Å²) in [5, 5.41) is 0. The predicted molar refractivity (Wildman–Crippen MR) is 119 cm³/mol. The third-order valence-electron chi connectivity index (χ3n) is 6.91. The minimum Gasteiger partial charge on any atom is -0.454 e. The standard InChI is InChI=1S/C25H31N3O3/c29-25-22-17-24-23(30-18-31-24)16-20(22)8-14-28(25)15-9-21-5-1-2-12-27(21)13-3-4-19-6-10-26-11-7-19/h6-7,10-11,16-17,21H,1-5,8-9,12-15,18H2. The Balaban J connectivity index is 1.16. The van der Waals surface area contributed by atoms with Gasteiger partial charge in [-0.15, -0.1) is 0 Å². The Hall–Kier alpha value is -2.60. The molecule has 1 amide bonds. The number of rotatable bonds is 7. The van der Waals surface area contributed by atoms with Crippen molar-refractivity contribution < 1.29 is 14.3 Å². The zero-order valence-electron chi connectivity index (χ0n) is 18.1. The first-order chi connectivity index (χ1) is 15.3. The molecule has 5 rings (SSSR count). The monoisotopic (exact) mass is 421 g/mol. The molecular formula is C25H31N3O3. The van der Waals surface area contributed by atoms with Gasteiger partial charge in [0.05, 0.1) is 0 Å². The van der Waals surface area contributed by atoms with Crippen LogP contribution in [0.5, 0.6) is 11.5 Å². The molecule has 3 aliphatic rings. The molecular weight excluding hydrogens is 390 g/mol. The highest BCUT2D eigenvalue weighted by Gasteiger charge is 2.29. The van der Waals surface area contributed by atoms with Crippen LogP contribution in [0.4, 0.5) is 0 Å². The first kappa shape index (κ1) is 20.3. The van der Waals surface area contributed by atoms with E-state index in [1.165, 1.54) is 37.8 Å². The highest BCUT2D eigenvalue weighted by Crippen LogP contribution is 2.36. The SMILES string of the molecule is O=C1c2cc3c(cc2CCN1CCC1CCCCN1CCCc1ccncc1)OCO3. The smallest absolute Gasteiger partial charge is 0.254 e. The van der Waals surface area contributed by atoms with Crippen LogP contribution in [0.15, 0.2) is 36.7 Å². The van der Waals surface area contributed by atoms with E-state index in [-0.39, 0.29) is 12.7 Å². The lowest BCUT2D eigenvalue weighted by Crippen LogP contribution is -2.44. The number of aromatic nitrogens is 1. The van der Waals surface area contributed by atoms with Crippen molar-refractivity contribution in [2.45, 2.75) is 51.0 Å². The molecule has 3 aliphatic heterocycles. The number of amides is 1. The van der Waals surface area contributed by atoms with Crippen molar-refractivity contribution in [3.63, 3.8) is 0 Å². The number of pyridine rings is 1. The largest absolute Gasteiger partial charge is 0.454 e. The average Bonchev–Trinajstić information content (AvgIpc) is 3.27. The zero-order valence-corrected chi connectivity index (χ0v) is 18.1. The first-order valence-electron chi connectivity index (χ1n) is 11.6. The van der Waals surface area contributed by atoms with Crippen LogP contribution in [0, 0.1) is 0 Å². The molecule has 0 bridgehead atoms. The van der Waals surface area contributed by atoms with Crippen LogP contribution in [0.3, 0.4) is 0 Å². The quantitative estimate of drug-likeness (QED) is 0.683. The molecule has 0 spiro atoms. The van der Waals surface area contributed by atoms with Gasteiger partial charge in [-0.3, -0.25) is 9.78 Å². The number of piperidine rings is 1. The Kier molecular flexibility index (Phi) is 6.07. The summed E-state index contributed by atoms with van der Waals surface area (Å²) in [6, 6.07) is 8.66. The normalized spacial score (nSPS) is 20.7. The lowest BCUT2D eigenvalue weighted by molar-refractivity contribution is 0.0697. The Morgan fingerprint density at radius 1 is 1.03 bits per heavy atom. The van der Waals surface area contributed by atoms with Gasteiger partial charge in [-0.05, 0) is 87.0 Å². The number of nitrogens with zero attached hydrogens (tertiary/aromatic N) is 3. The van der Waals surface area contributed by atoms with E-state index in [1.807, 2.05) is 29.4 Å². The molecule has 6 nitrogen and oxygen atoms in total. The average molecular weight is 422 g/mol. The summed E-state index contributed by atoms with van der Waals surface area (Å²) >= 11 is 0. The lowest BCUT2D eigenvalue weighted by atomic mass is 9.96. The number of benzene rings is 1. The molecule has 1 atom stereocenters. The van der Waals surface area contributed by atoms with Crippen molar-refractivity contribution in [3.8, 4) is 11.5 Å². The highest BCUT2D eigenvalue weighted by molar-refractivity contribution is 5.97. The molecule has 164 valence electrons. The van der Waals surface area contributed by atoms with E-state index in [2.05, 4.69) is 22.0 Å². The summed E-state index contributed by atoms with van der Waals surface area (Å²) in [5.74, 6) is 1.60. The van der Waals surface area contributed by atoms with Gasteiger partial charge in [0.15, 0.2) is 11.5 Å². The van der Waals surface area contributed by atoms with E-state index >= 15 is 0 Å². The fourth-order valence-corrected chi connectivity index (χ4v) is 5.15. The van der Waals surface area contributed by atoms with Crippen molar-refractivity contribution in [3.05, 3.63) is 53.3 Å². The molecule has 0 N–H and O–H groups in total. The molecule has 1 aromatic carbocycles. The lowest BCUT2D eigenvalue weighted by Gasteiger charge is -2.37. The second kappa shape index (κ2) is 9.27. The van der Waals surface area contributed by atoms with Gasteiger partial charge in [-0.25, -0.2) is 0 Å². The van der Waals surface area contributed by atoms with Crippen LogP contribution in [-0.2, 0) is 12.8 Å². The number of hydrogen-bond donors (Lipinski definition) is 0. The second-order valence-corrected chi connectivity index (χ2v) is 8.84. The predicted octanol–water partition coefficient (Wildman–Crippen LogP) is 3.69. The fourth-order valence-electron chi connectivity index (χ4n) is 5.15.